The fourth-order valence-corrected chi connectivity index (χ4v) is 5.52. The highest BCUT2D eigenvalue weighted by molar-refractivity contribution is 7.16. The predicted octanol–water partition coefficient (Wildman–Crippen LogP) is 3.44. The van der Waals surface area contributed by atoms with Crippen molar-refractivity contribution in [2.45, 2.75) is 52.0 Å². The molecule has 0 unspecified atom stereocenters. The first-order valence-electron chi connectivity index (χ1n) is 11.8. The highest BCUT2D eigenvalue weighted by Crippen LogP contribution is 2.46. The number of nitrogens with zero attached hydrogens (tertiary/aromatic N) is 5. The number of aromatic nitrogens is 4. The number of rotatable bonds is 7. The van der Waals surface area contributed by atoms with Crippen LogP contribution in [0.15, 0.2) is 23.8 Å². The fraction of sp³-hybridized carbons (Fsp3) is 0.542. The van der Waals surface area contributed by atoms with Gasteiger partial charge in [0.25, 0.3) is 5.91 Å². The molecular weight excluding hydrogens is 450 g/mol. The topological polar surface area (TPSA) is 105 Å². The Labute approximate surface area is 203 Å². The molecule has 0 atom stereocenters. The maximum Gasteiger partial charge on any atom is 0.272 e. The van der Waals surface area contributed by atoms with Crippen LogP contribution in [0.4, 0.5) is 5.82 Å². The van der Waals surface area contributed by atoms with Crippen LogP contribution in [0.5, 0.6) is 0 Å². The molecule has 1 saturated carbocycles. The van der Waals surface area contributed by atoms with Gasteiger partial charge in [0.1, 0.15) is 16.3 Å². The summed E-state index contributed by atoms with van der Waals surface area (Å²) in [6, 6.07) is 1.76. The molecule has 180 valence electrons. The van der Waals surface area contributed by atoms with Crippen molar-refractivity contribution in [2.75, 3.05) is 25.0 Å². The molecule has 0 aromatic carbocycles. The largest absolute Gasteiger partial charge is 0.369 e. The third-order valence-electron chi connectivity index (χ3n) is 6.82. The third-order valence-corrected chi connectivity index (χ3v) is 7.70. The van der Waals surface area contributed by atoms with Crippen LogP contribution in [-0.2, 0) is 4.79 Å². The van der Waals surface area contributed by atoms with E-state index in [0.717, 1.165) is 49.0 Å². The molecule has 2 aliphatic rings. The Bertz CT molecular complexity index is 1200. The van der Waals surface area contributed by atoms with E-state index < -0.39 is 0 Å². The summed E-state index contributed by atoms with van der Waals surface area (Å²) in [4.78, 5) is 36.7. The van der Waals surface area contributed by atoms with Gasteiger partial charge in [0.15, 0.2) is 5.82 Å². The van der Waals surface area contributed by atoms with E-state index in [4.69, 9.17) is 4.98 Å². The molecule has 5 rings (SSSR count). The number of carbonyl (C=O) groups excluding carboxylic acids is 2. The molecule has 0 spiro atoms. The maximum atomic E-state index is 13.5. The molecule has 1 aliphatic carbocycles. The number of anilines is 1. The molecule has 2 fully saturated rings. The van der Waals surface area contributed by atoms with E-state index in [1.807, 2.05) is 16.5 Å². The molecule has 3 aromatic rings. The summed E-state index contributed by atoms with van der Waals surface area (Å²) < 4.78 is 1.80. The van der Waals surface area contributed by atoms with Crippen LogP contribution in [0.25, 0.3) is 16.2 Å². The first kappa shape index (κ1) is 22.8. The molecular formula is C24H31N7O2S. The van der Waals surface area contributed by atoms with Crippen LogP contribution in [0.1, 0.15) is 56.9 Å². The average molecular weight is 482 g/mol. The highest BCUT2D eigenvalue weighted by Gasteiger charge is 2.49. The fourth-order valence-electron chi connectivity index (χ4n) is 4.72. The van der Waals surface area contributed by atoms with Crippen molar-refractivity contribution in [3.8, 4) is 11.4 Å². The number of likely N-dealkylation sites (tertiary alicyclic amines) is 1. The predicted molar refractivity (Wildman–Crippen MR) is 132 cm³/mol. The van der Waals surface area contributed by atoms with Gasteiger partial charge in [-0.3, -0.25) is 9.59 Å². The van der Waals surface area contributed by atoms with Crippen molar-refractivity contribution in [3.05, 3.63) is 29.5 Å². The lowest BCUT2D eigenvalue weighted by Crippen LogP contribution is -2.46. The van der Waals surface area contributed by atoms with Crippen LogP contribution in [0.3, 0.4) is 0 Å². The molecule has 1 aliphatic heterocycles. The number of thiazole rings is 1. The zero-order chi connectivity index (χ0) is 23.9. The van der Waals surface area contributed by atoms with Crippen molar-refractivity contribution in [2.24, 2.45) is 11.3 Å². The standard InChI is InChI=1S/C24H31N7O2S/c1-23(2,3)14-25-19-12-18(28-20(29-19)17-13-27-31-10-11-34-22(17)31)21(33)30-8-4-16(5-9-30)24(6-7-24)26-15-32/h10-13,15-16H,4-9,14H2,1-3H3,(H,26,32)(H,25,28,29). The Morgan fingerprint density at radius 3 is 2.71 bits per heavy atom. The van der Waals surface area contributed by atoms with Crippen molar-refractivity contribution < 1.29 is 9.59 Å². The van der Waals surface area contributed by atoms with Gasteiger partial charge >= 0.3 is 0 Å². The maximum absolute atomic E-state index is 13.5. The van der Waals surface area contributed by atoms with E-state index >= 15 is 0 Å². The van der Waals surface area contributed by atoms with Crippen LogP contribution in [-0.4, -0.2) is 62.0 Å². The number of hydrogen-bond acceptors (Lipinski definition) is 7. The van der Waals surface area contributed by atoms with Crippen LogP contribution in [0, 0.1) is 11.3 Å². The zero-order valence-corrected chi connectivity index (χ0v) is 20.7. The Morgan fingerprint density at radius 1 is 1.26 bits per heavy atom. The minimum absolute atomic E-state index is 0.0441. The Morgan fingerprint density at radius 2 is 2.03 bits per heavy atom. The Hall–Kier alpha value is -3.01. The molecule has 2 N–H and O–H groups in total. The van der Waals surface area contributed by atoms with Gasteiger partial charge in [-0.15, -0.1) is 11.3 Å². The molecule has 4 heterocycles. The van der Waals surface area contributed by atoms with Crippen molar-refractivity contribution >= 4 is 34.3 Å². The molecule has 9 nitrogen and oxygen atoms in total. The molecule has 2 amide bonds. The first-order chi connectivity index (χ1) is 16.3. The molecule has 0 radical (unpaired) electrons. The second kappa shape index (κ2) is 8.65. The van der Waals surface area contributed by atoms with Gasteiger partial charge in [-0.1, -0.05) is 20.8 Å². The second-order valence-corrected chi connectivity index (χ2v) is 11.5. The quantitative estimate of drug-likeness (QED) is 0.501. The second-order valence-electron chi connectivity index (χ2n) is 10.6. The van der Waals surface area contributed by atoms with Crippen molar-refractivity contribution in [3.63, 3.8) is 0 Å². The Balaban J connectivity index is 1.39. The summed E-state index contributed by atoms with van der Waals surface area (Å²) in [6.45, 7) is 8.50. The van der Waals surface area contributed by atoms with E-state index in [9.17, 15) is 9.59 Å². The highest BCUT2D eigenvalue weighted by atomic mass is 32.1. The monoisotopic (exact) mass is 481 g/mol. The number of carbonyl (C=O) groups is 2. The molecule has 1 saturated heterocycles. The lowest BCUT2D eigenvalue weighted by Gasteiger charge is -2.36. The average Bonchev–Trinajstić information content (AvgIpc) is 3.26. The summed E-state index contributed by atoms with van der Waals surface area (Å²) in [6.07, 6.45) is 8.31. The summed E-state index contributed by atoms with van der Waals surface area (Å²) in [5, 5.41) is 12.8. The minimum Gasteiger partial charge on any atom is -0.369 e. The van der Waals surface area contributed by atoms with Crippen LogP contribution in [0.2, 0.25) is 0 Å². The zero-order valence-electron chi connectivity index (χ0n) is 19.9. The van der Waals surface area contributed by atoms with Gasteiger partial charge in [-0.2, -0.15) is 5.10 Å². The number of fused-ring (bicyclic) bond motifs is 1. The first-order valence-corrected chi connectivity index (χ1v) is 12.7. The van der Waals surface area contributed by atoms with Gasteiger partial charge in [-0.25, -0.2) is 14.5 Å². The summed E-state index contributed by atoms with van der Waals surface area (Å²) in [5.74, 6) is 1.48. The van der Waals surface area contributed by atoms with Gasteiger partial charge in [0.2, 0.25) is 6.41 Å². The van der Waals surface area contributed by atoms with Crippen LogP contribution < -0.4 is 10.6 Å². The number of piperidine rings is 1. The molecule has 10 heteroatoms. The van der Waals surface area contributed by atoms with Gasteiger partial charge in [-0.05, 0) is 37.0 Å². The van der Waals surface area contributed by atoms with E-state index in [1.54, 1.807) is 28.1 Å². The third kappa shape index (κ3) is 4.51. The van der Waals surface area contributed by atoms with Gasteiger partial charge < -0.3 is 15.5 Å². The van der Waals surface area contributed by atoms with E-state index in [0.29, 0.717) is 36.3 Å². The lowest BCUT2D eigenvalue weighted by molar-refractivity contribution is -0.110. The van der Waals surface area contributed by atoms with Crippen molar-refractivity contribution in [1.29, 1.82) is 0 Å². The summed E-state index contributed by atoms with van der Waals surface area (Å²) in [5.41, 5.74) is 1.22. The number of nitrogens with one attached hydrogen (secondary N) is 2. The van der Waals surface area contributed by atoms with Gasteiger partial charge in [0.05, 0.1) is 11.8 Å². The van der Waals surface area contributed by atoms with E-state index in [1.165, 1.54) is 0 Å². The van der Waals surface area contributed by atoms with Crippen molar-refractivity contribution in [1.82, 2.24) is 29.8 Å². The normalized spacial score (nSPS) is 18.1. The molecule has 34 heavy (non-hydrogen) atoms. The Kier molecular flexibility index (Phi) is 5.79. The number of amides is 2. The molecule has 0 bridgehead atoms. The summed E-state index contributed by atoms with van der Waals surface area (Å²) in [7, 11) is 0. The minimum atomic E-state index is -0.0799. The SMILES string of the molecule is CC(C)(C)CNc1cc(C(=O)N2CCC(C3(NC=O)CC3)CC2)nc(-c2cnn3ccsc23)n1. The summed E-state index contributed by atoms with van der Waals surface area (Å²) >= 11 is 1.57. The van der Waals surface area contributed by atoms with Gasteiger partial charge in [0, 0.05) is 42.8 Å². The van der Waals surface area contributed by atoms with E-state index in [-0.39, 0.29) is 16.9 Å². The number of hydrogen-bond donors (Lipinski definition) is 2. The smallest absolute Gasteiger partial charge is 0.272 e. The lowest BCUT2D eigenvalue weighted by atomic mass is 9.87. The van der Waals surface area contributed by atoms with Crippen LogP contribution >= 0.6 is 11.3 Å². The molecule has 3 aromatic heterocycles. The van der Waals surface area contributed by atoms with E-state index in [2.05, 4.69) is 41.5 Å².